The first kappa shape index (κ1) is 19.9. The van der Waals surface area contributed by atoms with Crippen molar-refractivity contribution in [2.24, 2.45) is 0 Å². The molecule has 2 aromatic carbocycles. The Labute approximate surface area is 168 Å². The predicted molar refractivity (Wildman–Crippen MR) is 115 cm³/mol. The van der Waals surface area contributed by atoms with Crippen molar-refractivity contribution in [2.75, 3.05) is 11.1 Å². The van der Waals surface area contributed by atoms with Gasteiger partial charge in [-0.05, 0) is 23.1 Å². The SMILES string of the molecule is CC(C)(C)c1ccc(NC(=O)CSc2nc(-c3ccccc3)cc(=O)[nH]2)cc1. The Bertz CT molecular complexity index is 1010. The molecular formula is C22H23N3O2S. The number of H-pyrrole nitrogens is 1. The summed E-state index contributed by atoms with van der Waals surface area (Å²) < 4.78 is 0. The predicted octanol–water partition coefficient (Wildman–Crippen LogP) is 4.47. The molecule has 0 radical (unpaired) electrons. The number of aromatic amines is 1. The number of nitrogens with one attached hydrogen (secondary N) is 2. The maximum atomic E-state index is 12.3. The number of carbonyl (C=O) groups excluding carboxylic acids is 1. The van der Waals surface area contributed by atoms with E-state index in [0.717, 1.165) is 11.3 Å². The normalized spacial score (nSPS) is 11.2. The van der Waals surface area contributed by atoms with Gasteiger partial charge in [0.2, 0.25) is 5.91 Å². The van der Waals surface area contributed by atoms with Gasteiger partial charge in [-0.25, -0.2) is 4.98 Å². The molecule has 2 N–H and O–H groups in total. The van der Waals surface area contributed by atoms with Gasteiger partial charge < -0.3 is 10.3 Å². The van der Waals surface area contributed by atoms with Gasteiger partial charge in [-0.2, -0.15) is 0 Å². The van der Waals surface area contributed by atoms with E-state index in [-0.39, 0.29) is 22.6 Å². The summed E-state index contributed by atoms with van der Waals surface area (Å²) in [6.07, 6.45) is 0. The van der Waals surface area contributed by atoms with Crippen molar-refractivity contribution in [3.63, 3.8) is 0 Å². The topological polar surface area (TPSA) is 74.8 Å². The summed E-state index contributed by atoms with van der Waals surface area (Å²) in [4.78, 5) is 31.3. The lowest BCUT2D eigenvalue weighted by molar-refractivity contribution is -0.113. The van der Waals surface area contributed by atoms with Crippen LogP contribution in [0.3, 0.4) is 0 Å². The third-order valence-electron chi connectivity index (χ3n) is 4.16. The molecule has 3 rings (SSSR count). The summed E-state index contributed by atoms with van der Waals surface area (Å²) in [6, 6.07) is 18.8. The van der Waals surface area contributed by atoms with E-state index in [1.165, 1.54) is 23.4 Å². The largest absolute Gasteiger partial charge is 0.325 e. The van der Waals surface area contributed by atoms with Crippen LogP contribution in [-0.4, -0.2) is 21.6 Å². The summed E-state index contributed by atoms with van der Waals surface area (Å²) in [7, 11) is 0. The zero-order chi connectivity index (χ0) is 20.1. The number of hydrogen-bond acceptors (Lipinski definition) is 4. The number of benzene rings is 2. The van der Waals surface area contributed by atoms with Crippen LogP contribution in [0.1, 0.15) is 26.3 Å². The number of anilines is 1. The van der Waals surface area contributed by atoms with Crippen molar-refractivity contribution in [3.05, 3.63) is 76.6 Å². The Balaban J connectivity index is 1.63. The number of thioether (sulfide) groups is 1. The number of aromatic nitrogens is 2. The van der Waals surface area contributed by atoms with Crippen molar-refractivity contribution < 1.29 is 4.79 Å². The smallest absolute Gasteiger partial charge is 0.252 e. The lowest BCUT2D eigenvalue weighted by Gasteiger charge is -2.19. The molecule has 1 amide bonds. The van der Waals surface area contributed by atoms with Crippen LogP contribution in [0.5, 0.6) is 0 Å². The maximum Gasteiger partial charge on any atom is 0.252 e. The molecule has 1 aromatic heterocycles. The van der Waals surface area contributed by atoms with Crippen LogP contribution in [0.15, 0.2) is 70.6 Å². The van der Waals surface area contributed by atoms with Crippen LogP contribution in [-0.2, 0) is 10.2 Å². The van der Waals surface area contributed by atoms with E-state index in [4.69, 9.17) is 0 Å². The average Bonchev–Trinajstić information content (AvgIpc) is 2.66. The van der Waals surface area contributed by atoms with Crippen LogP contribution in [0.4, 0.5) is 5.69 Å². The van der Waals surface area contributed by atoms with Gasteiger partial charge in [-0.15, -0.1) is 0 Å². The summed E-state index contributed by atoms with van der Waals surface area (Å²) in [6.45, 7) is 6.44. The first-order chi connectivity index (χ1) is 13.3. The van der Waals surface area contributed by atoms with Crippen molar-refractivity contribution in [2.45, 2.75) is 31.3 Å². The summed E-state index contributed by atoms with van der Waals surface area (Å²) in [5.74, 6) is 0.00337. The zero-order valence-corrected chi connectivity index (χ0v) is 17.0. The van der Waals surface area contributed by atoms with Crippen LogP contribution in [0.25, 0.3) is 11.3 Å². The minimum atomic E-state index is -0.241. The second kappa shape index (κ2) is 8.44. The van der Waals surface area contributed by atoms with Gasteiger partial charge >= 0.3 is 0 Å². The molecule has 0 fully saturated rings. The first-order valence-electron chi connectivity index (χ1n) is 9.01. The molecule has 6 heteroatoms. The fraction of sp³-hybridized carbons (Fsp3) is 0.227. The highest BCUT2D eigenvalue weighted by atomic mass is 32.2. The number of hydrogen-bond donors (Lipinski definition) is 2. The number of rotatable bonds is 5. The van der Waals surface area contributed by atoms with E-state index >= 15 is 0 Å². The van der Waals surface area contributed by atoms with Crippen LogP contribution < -0.4 is 10.9 Å². The van der Waals surface area contributed by atoms with Crippen molar-refractivity contribution in [3.8, 4) is 11.3 Å². The van der Waals surface area contributed by atoms with Crippen LogP contribution >= 0.6 is 11.8 Å². The molecule has 0 unspecified atom stereocenters. The molecular weight excluding hydrogens is 370 g/mol. The second-order valence-electron chi connectivity index (χ2n) is 7.47. The van der Waals surface area contributed by atoms with E-state index in [0.29, 0.717) is 10.9 Å². The maximum absolute atomic E-state index is 12.3. The Kier molecular flexibility index (Phi) is 5.99. The molecule has 0 atom stereocenters. The lowest BCUT2D eigenvalue weighted by Crippen LogP contribution is -2.16. The fourth-order valence-electron chi connectivity index (χ4n) is 2.64. The molecule has 5 nitrogen and oxygen atoms in total. The van der Waals surface area contributed by atoms with Gasteiger partial charge in [0.25, 0.3) is 5.56 Å². The van der Waals surface area contributed by atoms with Crippen LogP contribution in [0.2, 0.25) is 0 Å². The van der Waals surface area contributed by atoms with Crippen LogP contribution in [0, 0.1) is 0 Å². The molecule has 3 aromatic rings. The van der Waals surface area contributed by atoms with Gasteiger partial charge in [0.05, 0.1) is 11.4 Å². The zero-order valence-electron chi connectivity index (χ0n) is 16.2. The van der Waals surface area contributed by atoms with Crippen molar-refractivity contribution in [1.29, 1.82) is 0 Å². The van der Waals surface area contributed by atoms with E-state index < -0.39 is 0 Å². The number of nitrogens with zero attached hydrogens (tertiary/aromatic N) is 1. The first-order valence-corrected chi connectivity index (χ1v) is 10.00. The molecule has 0 saturated carbocycles. The van der Waals surface area contributed by atoms with Gasteiger partial charge in [-0.3, -0.25) is 9.59 Å². The van der Waals surface area contributed by atoms with Crippen molar-refractivity contribution in [1.82, 2.24) is 9.97 Å². The highest BCUT2D eigenvalue weighted by Crippen LogP contribution is 2.24. The molecule has 0 spiro atoms. The monoisotopic (exact) mass is 393 g/mol. The Morgan fingerprint density at radius 2 is 1.75 bits per heavy atom. The highest BCUT2D eigenvalue weighted by molar-refractivity contribution is 7.99. The van der Waals surface area contributed by atoms with E-state index in [1.807, 2.05) is 54.6 Å². The molecule has 0 aliphatic rings. The second-order valence-corrected chi connectivity index (χ2v) is 8.43. The Morgan fingerprint density at radius 3 is 2.39 bits per heavy atom. The minimum Gasteiger partial charge on any atom is -0.325 e. The van der Waals surface area contributed by atoms with Gasteiger partial charge in [-0.1, -0.05) is 75.0 Å². The summed E-state index contributed by atoms with van der Waals surface area (Å²) >= 11 is 1.20. The van der Waals surface area contributed by atoms with E-state index in [2.05, 4.69) is 36.1 Å². The molecule has 0 aliphatic carbocycles. The summed E-state index contributed by atoms with van der Waals surface area (Å²) in [5, 5.41) is 3.29. The minimum absolute atomic E-state index is 0.0691. The number of carbonyl (C=O) groups is 1. The number of amides is 1. The van der Waals surface area contributed by atoms with E-state index in [1.54, 1.807) is 0 Å². The highest BCUT2D eigenvalue weighted by Gasteiger charge is 2.13. The molecule has 1 heterocycles. The summed E-state index contributed by atoms with van der Waals surface area (Å²) in [5.41, 5.74) is 3.23. The van der Waals surface area contributed by atoms with Gasteiger partial charge in [0.1, 0.15) is 0 Å². The Hall–Kier alpha value is -2.86. The van der Waals surface area contributed by atoms with Crippen molar-refractivity contribution >= 4 is 23.4 Å². The standard InChI is InChI=1S/C22H23N3O2S/c1-22(2,3)16-9-11-17(12-10-16)23-20(27)14-28-21-24-18(13-19(26)25-21)15-7-5-4-6-8-15/h4-13H,14H2,1-3H3,(H,23,27)(H,24,25,26). The molecule has 0 saturated heterocycles. The van der Waals surface area contributed by atoms with Gasteiger partial charge in [0, 0.05) is 17.3 Å². The molecule has 0 aliphatic heterocycles. The third-order valence-corrected chi connectivity index (χ3v) is 5.04. The van der Waals surface area contributed by atoms with Gasteiger partial charge in [0.15, 0.2) is 5.16 Å². The fourth-order valence-corrected chi connectivity index (χ4v) is 3.32. The third kappa shape index (κ3) is 5.33. The Morgan fingerprint density at radius 1 is 1.07 bits per heavy atom. The lowest BCUT2D eigenvalue weighted by atomic mass is 9.87. The average molecular weight is 394 g/mol. The molecule has 28 heavy (non-hydrogen) atoms. The molecule has 0 bridgehead atoms. The van der Waals surface area contributed by atoms with E-state index in [9.17, 15) is 9.59 Å². The molecule has 144 valence electrons. The quantitative estimate of drug-likeness (QED) is 0.496.